The minimum absolute atomic E-state index is 0.0882. The van der Waals surface area contributed by atoms with Gasteiger partial charge in [-0.05, 0) is 43.2 Å². The van der Waals surface area contributed by atoms with Crippen molar-refractivity contribution in [1.82, 2.24) is 9.66 Å². The Hall–Kier alpha value is -4.65. The van der Waals surface area contributed by atoms with Crippen molar-refractivity contribution in [3.05, 3.63) is 107 Å². The van der Waals surface area contributed by atoms with Crippen LogP contribution < -0.4 is 15.0 Å². The summed E-state index contributed by atoms with van der Waals surface area (Å²) in [6, 6.07) is 13.8. The van der Waals surface area contributed by atoms with Gasteiger partial charge in [-0.2, -0.15) is 9.78 Å². The Morgan fingerprint density at radius 3 is 2.55 bits per heavy atom. The van der Waals surface area contributed by atoms with E-state index in [1.54, 1.807) is 31.2 Å². The van der Waals surface area contributed by atoms with E-state index in [2.05, 4.69) is 26.0 Å². The monoisotopic (exact) mass is 609 g/mol. The smallest absolute Gasteiger partial charge is 0.315 e. The Kier molecular flexibility index (Phi) is 8.84. The van der Waals surface area contributed by atoms with Crippen LogP contribution in [0.2, 0.25) is 0 Å². The average molecular weight is 610 g/mol. The van der Waals surface area contributed by atoms with Gasteiger partial charge in [0, 0.05) is 34.7 Å². The number of fused-ring (bicyclic) bond motifs is 1. The minimum Gasteiger partial charge on any atom is -0.490 e. The first-order valence-corrected chi connectivity index (χ1v) is 13.1. The molecule has 0 aliphatic heterocycles. The van der Waals surface area contributed by atoms with Crippen LogP contribution in [0.3, 0.4) is 0 Å². The third-order valence-electron chi connectivity index (χ3n) is 5.73. The molecule has 0 spiro atoms. The molecule has 0 atom stereocenters. The molecule has 0 saturated heterocycles. The third-order valence-corrected chi connectivity index (χ3v) is 6.22. The van der Waals surface area contributed by atoms with Gasteiger partial charge in [0.2, 0.25) is 5.75 Å². The molecule has 4 rings (SSSR count). The van der Waals surface area contributed by atoms with E-state index < -0.39 is 9.85 Å². The van der Waals surface area contributed by atoms with Gasteiger partial charge in [0.15, 0.2) is 5.75 Å². The molecule has 13 heteroatoms. The number of halogens is 1. The molecule has 3 aromatic carbocycles. The number of nitrogens with zero attached hydrogens (tertiary/aromatic N) is 5. The number of hydrogen-bond acceptors (Lipinski definition) is 9. The van der Waals surface area contributed by atoms with Crippen molar-refractivity contribution in [2.75, 3.05) is 6.61 Å². The van der Waals surface area contributed by atoms with E-state index >= 15 is 0 Å². The molecule has 12 nitrogen and oxygen atoms in total. The highest BCUT2D eigenvalue weighted by molar-refractivity contribution is 9.10. The lowest BCUT2D eigenvalue weighted by Crippen LogP contribution is -2.22. The molecule has 0 saturated carbocycles. The third kappa shape index (κ3) is 6.31. The first-order chi connectivity index (χ1) is 19.2. The van der Waals surface area contributed by atoms with Crippen LogP contribution >= 0.6 is 15.9 Å². The molecule has 0 aliphatic carbocycles. The summed E-state index contributed by atoms with van der Waals surface area (Å²) in [6.07, 6.45) is 2.54. The van der Waals surface area contributed by atoms with Crippen molar-refractivity contribution in [2.45, 2.75) is 33.3 Å². The lowest BCUT2D eigenvalue weighted by atomic mass is 10.1. The highest BCUT2D eigenvalue weighted by atomic mass is 79.9. The number of nitro benzene ring substituents is 2. The summed E-state index contributed by atoms with van der Waals surface area (Å²) < 4.78 is 13.3. The van der Waals surface area contributed by atoms with Crippen LogP contribution in [-0.4, -0.2) is 32.3 Å². The second-order valence-corrected chi connectivity index (χ2v) is 9.49. The van der Waals surface area contributed by atoms with Gasteiger partial charge in [0.1, 0.15) is 12.4 Å². The van der Waals surface area contributed by atoms with Gasteiger partial charge >= 0.3 is 5.69 Å². The van der Waals surface area contributed by atoms with Crippen LogP contribution in [0.4, 0.5) is 11.4 Å². The number of hydrogen-bond donors (Lipinski definition) is 0. The van der Waals surface area contributed by atoms with Gasteiger partial charge in [-0.15, -0.1) is 0 Å². The van der Waals surface area contributed by atoms with Crippen molar-refractivity contribution in [2.24, 2.45) is 5.10 Å². The molecule has 0 unspecified atom stereocenters. The highest BCUT2D eigenvalue weighted by Gasteiger charge is 2.23. The van der Waals surface area contributed by atoms with Gasteiger partial charge in [0.05, 0.1) is 33.6 Å². The van der Waals surface area contributed by atoms with E-state index in [4.69, 9.17) is 9.47 Å². The van der Waals surface area contributed by atoms with E-state index in [9.17, 15) is 25.0 Å². The van der Waals surface area contributed by atoms with E-state index in [0.717, 1.165) is 10.9 Å². The predicted molar refractivity (Wildman–Crippen MR) is 152 cm³/mol. The summed E-state index contributed by atoms with van der Waals surface area (Å²) in [5.74, 6) is 0.414. The number of non-ortho nitro benzene ring substituents is 1. The molecule has 4 aromatic rings. The van der Waals surface area contributed by atoms with E-state index in [1.807, 2.05) is 6.92 Å². The zero-order valence-corrected chi connectivity index (χ0v) is 23.2. The van der Waals surface area contributed by atoms with Crippen LogP contribution in [0.1, 0.15) is 37.2 Å². The maximum Gasteiger partial charge on any atom is 0.315 e. The number of rotatable bonds is 11. The quantitative estimate of drug-likeness (QED) is 0.118. The molecule has 0 amide bonds. The fourth-order valence-corrected chi connectivity index (χ4v) is 4.33. The molecule has 0 bridgehead atoms. The van der Waals surface area contributed by atoms with Crippen LogP contribution in [0.5, 0.6) is 11.5 Å². The van der Waals surface area contributed by atoms with Crippen molar-refractivity contribution >= 4 is 44.4 Å². The number of benzene rings is 3. The van der Waals surface area contributed by atoms with E-state index in [-0.39, 0.29) is 41.6 Å². The molecule has 40 heavy (non-hydrogen) atoms. The molecule has 206 valence electrons. The lowest BCUT2D eigenvalue weighted by Gasteiger charge is -2.13. The second kappa shape index (κ2) is 12.5. The summed E-state index contributed by atoms with van der Waals surface area (Å²) in [5.41, 5.74) is 0.404. The standard InChI is InChI=1S/C27H24BrN5O7/c1-3-6-25-30-22-10-9-19(28)14-21(22)27(34)31(25)29-15-18-12-23(33(37)38)26(24(13-18)39-4-2)40-16-17-7-5-8-20(11-17)32(35)36/h5,7-15H,3-4,6,16H2,1-2H3. The van der Waals surface area contributed by atoms with Crippen LogP contribution in [0.15, 0.2) is 69.0 Å². The number of ether oxygens (including phenoxy) is 2. The molecule has 1 aromatic heterocycles. The van der Waals surface area contributed by atoms with Gasteiger partial charge in [0.25, 0.3) is 11.2 Å². The Balaban J connectivity index is 1.74. The van der Waals surface area contributed by atoms with Crippen molar-refractivity contribution in [3.63, 3.8) is 0 Å². The van der Waals surface area contributed by atoms with Gasteiger partial charge in [-0.25, -0.2) is 4.98 Å². The van der Waals surface area contributed by atoms with Crippen molar-refractivity contribution in [3.8, 4) is 11.5 Å². The Morgan fingerprint density at radius 1 is 1.05 bits per heavy atom. The molecular weight excluding hydrogens is 586 g/mol. The highest BCUT2D eigenvalue weighted by Crippen LogP contribution is 2.39. The van der Waals surface area contributed by atoms with E-state index in [0.29, 0.717) is 34.3 Å². The molecule has 0 aliphatic rings. The zero-order chi connectivity index (χ0) is 28.8. The largest absolute Gasteiger partial charge is 0.490 e. The Bertz CT molecular complexity index is 1690. The summed E-state index contributed by atoms with van der Waals surface area (Å²) in [5, 5.41) is 27.8. The fourth-order valence-electron chi connectivity index (χ4n) is 3.97. The summed E-state index contributed by atoms with van der Waals surface area (Å²) in [4.78, 5) is 39.8. The van der Waals surface area contributed by atoms with Gasteiger partial charge in [-0.3, -0.25) is 25.0 Å². The second-order valence-electron chi connectivity index (χ2n) is 8.57. The SMILES string of the molecule is CCCc1nc2ccc(Br)cc2c(=O)n1N=Cc1cc(OCC)c(OCc2cccc([N+](=O)[O-])c2)c([N+](=O)[O-])c1. The maximum atomic E-state index is 13.3. The summed E-state index contributed by atoms with van der Waals surface area (Å²) in [7, 11) is 0. The summed E-state index contributed by atoms with van der Waals surface area (Å²) in [6.45, 7) is 3.70. The molecule has 0 radical (unpaired) electrons. The van der Waals surface area contributed by atoms with Crippen LogP contribution in [0, 0.1) is 20.2 Å². The first-order valence-electron chi connectivity index (χ1n) is 12.3. The lowest BCUT2D eigenvalue weighted by molar-refractivity contribution is -0.386. The topological polar surface area (TPSA) is 152 Å². The van der Waals surface area contributed by atoms with Gasteiger partial charge in [-0.1, -0.05) is 35.0 Å². The normalized spacial score (nSPS) is 11.2. The van der Waals surface area contributed by atoms with Crippen LogP contribution in [0.25, 0.3) is 10.9 Å². The molecular formula is C27H24BrN5O7. The van der Waals surface area contributed by atoms with Crippen molar-refractivity contribution in [1.29, 1.82) is 0 Å². The predicted octanol–water partition coefficient (Wildman–Crippen LogP) is 5.79. The summed E-state index contributed by atoms with van der Waals surface area (Å²) >= 11 is 3.37. The molecule has 0 fully saturated rings. The minimum atomic E-state index is -0.619. The van der Waals surface area contributed by atoms with Crippen molar-refractivity contribution < 1.29 is 19.3 Å². The Morgan fingerprint density at radius 2 is 1.85 bits per heavy atom. The first kappa shape index (κ1) is 28.4. The van der Waals surface area contributed by atoms with Gasteiger partial charge < -0.3 is 9.47 Å². The fraction of sp³-hybridized carbons (Fsp3) is 0.222. The molecule has 1 heterocycles. The van der Waals surface area contributed by atoms with Crippen LogP contribution in [-0.2, 0) is 13.0 Å². The molecule has 0 N–H and O–H groups in total. The maximum absolute atomic E-state index is 13.3. The zero-order valence-electron chi connectivity index (χ0n) is 21.6. The average Bonchev–Trinajstić information content (AvgIpc) is 2.93. The number of aryl methyl sites for hydroxylation is 1. The number of nitro groups is 2. The van der Waals surface area contributed by atoms with E-state index in [1.165, 1.54) is 41.2 Å². The Labute approximate surface area is 236 Å². The number of aromatic nitrogens is 2.